The van der Waals surface area contributed by atoms with Crippen LogP contribution in [-0.2, 0) is 6.54 Å². The first-order valence-electron chi connectivity index (χ1n) is 7.72. The van der Waals surface area contributed by atoms with Crippen molar-refractivity contribution in [2.45, 2.75) is 19.4 Å². The summed E-state index contributed by atoms with van der Waals surface area (Å²) in [6.07, 6.45) is 2.45. The molecular formula is C16H20N4O3. The Kier molecular flexibility index (Phi) is 4.57. The van der Waals surface area contributed by atoms with E-state index in [2.05, 4.69) is 15.2 Å². The predicted molar refractivity (Wildman–Crippen MR) is 84.6 cm³/mol. The molecule has 0 atom stereocenters. The minimum absolute atomic E-state index is 0.0281. The highest BCUT2D eigenvalue weighted by Gasteiger charge is 2.21. The standard InChI is InChI=1S/C16H20N4O3/c1-23-13-6-4-5-12(11-13)15-14(16(21)22)17-18-20(15)10-9-19-7-2-3-8-19/h4-6,11H,2-3,7-10H2,1H3,(H,21,22). The average molecular weight is 316 g/mol. The second-order valence-electron chi connectivity index (χ2n) is 5.60. The van der Waals surface area contributed by atoms with Gasteiger partial charge >= 0.3 is 5.97 Å². The van der Waals surface area contributed by atoms with Crippen LogP contribution in [-0.4, -0.2) is 57.7 Å². The molecule has 1 fully saturated rings. The van der Waals surface area contributed by atoms with E-state index in [0.717, 1.165) is 25.2 Å². The number of methoxy groups -OCH3 is 1. The van der Waals surface area contributed by atoms with E-state index in [0.29, 0.717) is 18.0 Å². The Morgan fingerprint density at radius 2 is 2.09 bits per heavy atom. The van der Waals surface area contributed by atoms with E-state index in [1.54, 1.807) is 17.9 Å². The average Bonchev–Trinajstić information content (AvgIpc) is 3.22. The van der Waals surface area contributed by atoms with Gasteiger partial charge in [0.2, 0.25) is 0 Å². The topological polar surface area (TPSA) is 80.5 Å². The number of carbonyl (C=O) groups is 1. The lowest BCUT2D eigenvalue weighted by Crippen LogP contribution is -2.24. The highest BCUT2D eigenvalue weighted by molar-refractivity contribution is 5.92. The van der Waals surface area contributed by atoms with E-state index in [1.807, 2.05) is 18.2 Å². The molecular weight excluding hydrogens is 296 g/mol. The van der Waals surface area contributed by atoms with Crippen molar-refractivity contribution in [3.05, 3.63) is 30.0 Å². The third-order valence-electron chi connectivity index (χ3n) is 4.11. The molecule has 3 rings (SSSR count). The van der Waals surface area contributed by atoms with Crippen LogP contribution in [0.5, 0.6) is 5.75 Å². The van der Waals surface area contributed by atoms with Gasteiger partial charge in [-0.3, -0.25) is 0 Å². The molecule has 1 aliphatic heterocycles. The molecule has 1 saturated heterocycles. The number of rotatable bonds is 6. The van der Waals surface area contributed by atoms with Crippen molar-refractivity contribution in [2.24, 2.45) is 0 Å². The molecule has 23 heavy (non-hydrogen) atoms. The smallest absolute Gasteiger partial charge is 0.358 e. The molecule has 0 saturated carbocycles. The van der Waals surface area contributed by atoms with Crippen LogP contribution in [0, 0.1) is 0 Å². The number of aromatic nitrogens is 3. The largest absolute Gasteiger partial charge is 0.497 e. The summed E-state index contributed by atoms with van der Waals surface area (Å²) < 4.78 is 6.91. The molecule has 0 amide bonds. The van der Waals surface area contributed by atoms with Crippen molar-refractivity contribution in [3.8, 4) is 17.0 Å². The summed E-state index contributed by atoms with van der Waals surface area (Å²) in [5, 5.41) is 17.3. The van der Waals surface area contributed by atoms with E-state index < -0.39 is 5.97 Å². The number of nitrogens with zero attached hydrogens (tertiary/aromatic N) is 4. The minimum atomic E-state index is -1.07. The highest BCUT2D eigenvalue weighted by atomic mass is 16.5. The molecule has 0 spiro atoms. The van der Waals surface area contributed by atoms with Crippen LogP contribution in [0.15, 0.2) is 24.3 Å². The Hall–Kier alpha value is -2.41. The first-order valence-corrected chi connectivity index (χ1v) is 7.72. The van der Waals surface area contributed by atoms with E-state index in [1.165, 1.54) is 12.8 Å². The zero-order valence-corrected chi connectivity index (χ0v) is 13.1. The first kappa shape index (κ1) is 15.5. The van der Waals surface area contributed by atoms with Crippen molar-refractivity contribution >= 4 is 5.97 Å². The fourth-order valence-corrected chi connectivity index (χ4v) is 2.91. The normalized spacial score (nSPS) is 15.0. The van der Waals surface area contributed by atoms with Gasteiger partial charge in [0.1, 0.15) is 11.4 Å². The van der Waals surface area contributed by atoms with Gasteiger partial charge in [-0.1, -0.05) is 17.3 Å². The van der Waals surface area contributed by atoms with E-state index in [4.69, 9.17) is 4.74 Å². The van der Waals surface area contributed by atoms with Gasteiger partial charge in [-0.15, -0.1) is 5.10 Å². The zero-order valence-electron chi connectivity index (χ0n) is 13.1. The third-order valence-corrected chi connectivity index (χ3v) is 4.11. The Morgan fingerprint density at radius 3 is 2.78 bits per heavy atom. The minimum Gasteiger partial charge on any atom is -0.497 e. The molecule has 2 heterocycles. The molecule has 1 N–H and O–H groups in total. The highest BCUT2D eigenvalue weighted by Crippen LogP contribution is 2.26. The number of ether oxygens (including phenoxy) is 1. The quantitative estimate of drug-likeness (QED) is 0.874. The fraction of sp³-hybridized carbons (Fsp3) is 0.438. The number of likely N-dealkylation sites (tertiary alicyclic amines) is 1. The van der Waals surface area contributed by atoms with E-state index in [9.17, 15) is 9.90 Å². The maximum Gasteiger partial charge on any atom is 0.358 e. The van der Waals surface area contributed by atoms with Crippen LogP contribution in [0.2, 0.25) is 0 Å². The van der Waals surface area contributed by atoms with Crippen LogP contribution >= 0.6 is 0 Å². The van der Waals surface area contributed by atoms with E-state index in [-0.39, 0.29) is 5.69 Å². The number of benzene rings is 1. The SMILES string of the molecule is COc1cccc(-c2c(C(=O)O)nnn2CCN2CCCC2)c1. The molecule has 7 nitrogen and oxygen atoms in total. The molecule has 0 unspecified atom stereocenters. The molecule has 2 aromatic rings. The lowest BCUT2D eigenvalue weighted by atomic mass is 10.1. The van der Waals surface area contributed by atoms with Crippen molar-refractivity contribution in [2.75, 3.05) is 26.7 Å². The van der Waals surface area contributed by atoms with Crippen LogP contribution < -0.4 is 4.74 Å². The van der Waals surface area contributed by atoms with Crippen LogP contribution in [0.1, 0.15) is 23.3 Å². The summed E-state index contributed by atoms with van der Waals surface area (Å²) in [4.78, 5) is 13.8. The monoisotopic (exact) mass is 316 g/mol. The lowest BCUT2D eigenvalue weighted by Gasteiger charge is -2.15. The van der Waals surface area contributed by atoms with Gasteiger partial charge in [0.25, 0.3) is 0 Å². The lowest BCUT2D eigenvalue weighted by molar-refractivity contribution is 0.0691. The summed E-state index contributed by atoms with van der Waals surface area (Å²) in [6.45, 7) is 3.65. The van der Waals surface area contributed by atoms with Crippen LogP contribution in [0.4, 0.5) is 0 Å². The van der Waals surface area contributed by atoms with Gasteiger partial charge < -0.3 is 14.7 Å². The summed E-state index contributed by atoms with van der Waals surface area (Å²) in [5.74, 6) is -0.402. The number of carboxylic acid groups (broad SMARTS) is 1. The molecule has 1 aliphatic rings. The van der Waals surface area contributed by atoms with Gasteiger partial charge in [-0.05, 0) is 38.1 Å². The molecule has 1 aromatic heterocycles. The van der Waals surface area contributed by atoms with Gasteiger partial charge in [0.15, 0.2) is 5.69 Å². The first-order chi connectivity index (χ1) is 11.2. The Labute approximate surface area is 134 Å². The van der Waals surface area contributed by atoms with Crippen LogP contribution in [0.25, 0.3) is 11.3 Å². The number of hydrogen-bond donors (Lipinski definition) is 1. The van der Waals surface area contributed by atoms with Gasteiger partial charge in [0.05, 0.1) is 13.7 Å². The van der Waals surface area contributed by atoms with Gasteiger partial charge in [0, 0.05) is 12.1 Å². The number of aromatic carboxylic acids is 1. The summed E-state index contributed by atoms with van der Waals surface area (Å²) >= 11 is 0. The van der Waals surface area contributed by atoms with Gasteiger partial charge in [-0.2, -0.15) is 0 Å². The Morgan fingerprint density at radius 1 is 1.30 bits per heavy atom. The van der Waals surface area contributed by atoms with Crippen molar-refractivity contribution in [3.63, 3.8) is 0 Å². The third kappa shape index (κ3) is 3.34. The molecule has 7 heteroatoms. The van der Waals surface area contributed by atoms with Crippen molar-refractivity contribution < 1.29 is 14.6 Å². The van der Waals surface area contributed by atoms with Crippen molar-refractivity contribution in [1.82, 2.24) is 19.9 Å². The second-order valence-corrected chi connectivity index (χ2v) is 5.60. The summed E-state index contributed by atoms with van der Waals surface area (Å²) in [5.41, 5.74) is 1.24. The van der Waals surface area contributed by atoms with Crippen LogP contribution in [0.3, 0.4) is 0 Å². The number of carboxylic acids is 1. The molecule has 122 valence electrons. The van der Waals surface area contributed by atoms with E-state index >= 15 is 0 Å². The maximum absolute atomic E-state index is 11.5. The number of hydrogen-bond acceptors (Lipinski definition) is 5. The maximum atomic E-state index is 11.5. The molecule has 0 aliphatic carbocycles. The summed E-state index contributed by atoms with van der Waals surface area (Å²) in [6, 6.07) is 7.30. The molecule has 1 aromatic carbocycles. The van der Waals surface area contributed by atoms with Crippen molar-refractivity contribution in [1.29, 1.82) is 0 Å². The molecule has 0 bridgehead atoms. The summed E-state index contributed by atoms with van der Waals surface area (Å²) in [7, 11) is 1.58. The predicted octanol–water partition coefficient (Wildman–Crippen LogP) is 1.75. The second kappa shape index (κ2) is 6.78. The zero-order chi connectivity index (χ0) is 16.2. The molecule has 0 radical (unpaired) electrons. The van der Waals surface area contributed by atoms with Gasteiger partial charge in [-0.25, -0.2) is 9.48 Å². The Balaban J connectivity index is 1.91. The Bertz CT molecular complexity index is 692. The fourth-order valence-electron chi connectivity index (χ4n) is 2.91.